The molecule has 0 fully saturated rings. The second kappa shape index (κ2) is 65.9. The van der Waals surface area contributed by atoms with Crippen LogP contribution in [0.5, 0.6) is 0 Å². The minimum Gasteiger partial charge on any atom is -0.462 e. The minimum atomic E-state index is -0.776. The summed E-state index contributed by atoms with van der Waals surface area (Å²) in [7, 11) is 0. The third kappa shape index (κ3) is 64.1. The Labute approximate surface area is 479 Å². The fourth-order valence-electron chi connectivity index (χ4n) is 10.2. The summed E-state index contributed by atoms with van der Waals surface area (Å²) in [5, 5.41) is 0. The fraction of sp³-hybridized carbons (Fsp3) is 0.845. The third-order valence-corrected chi connectivity index (χ3v) is 15.3. The molecule has 6 nitrogen and oxygen atoms in total. The molecule has 1 atom stereocenters. The van der Waals surface area contributed by atoms with E-state index in [0.29, 0.717) is 19.3 Å². The molecule has 0 aliphatic rings. The molecule has 6 heteroatoms. The van der Waals surface area contributed by atoms with Crippen LogP contribution >= 0.6 is 0 Å². The first-order valence-electron chi connectivity index (χ1n) is 34.1. The highest BCUT2D eigenvalue weighted by molar-refractivity contribution is 5.71. The first-order valence-corrected chi connectivity index (χ1v) is 34.1. The number of hydrogen-bond acceptors (Lipinski definition) is 6. The lowest BCUT2D eigenvalue weighted by atomic mass is 10.0. The normalized spacial score (nSPS) is 12.3. The van der Waals surface area contributed by atoms with Crippen LogP contribution in [0.15, 0.2) is 48.6 Å². The molecule has 0 aromatic rings. The average Bonchev–Trinajstić information content (AvgIpc) is 3.43. The minimum absolute atomic E-state index is 0.0737. The molecule has 0 rings (SSSR count). The van der Waals surface area contributed by atoms with Crippen molar-refractivity contribution in [2.75, 3.05) is 13.2 Å². The van der Waals surface area contributed by atoms with Gasteiger partial charge in [-0.3, -0.25) is 14.4 Å². The van der Waals surface area contributed by atoms with E-state index >= 15 is 0 Å². The van der Waals surface area contributed by atoms with Gasteiger partial charge in [-0.2, -0.15) is 0 Å². The maximum absolute atomic E-state index is 12.9. The van der Waals surface area contributed by atoms with Crippen LogP contribution in [-0.4, -0.2) is 37.2 Å². The van der Waals surface area contributed by atoms with Crippen LogP contribution < -0.4 is 0 Å². The summed E-state index contributed by atoms with van der Waals surface area (Å²) in [5.74, 6) is -0.867. The number of hydrogen-bond donors (Lipinski definition) is 0. The van der Waals surface area contributed by atoms with Crippen molar-refractivity contribution in [1.29, 1.82) is 0 Å². The topological polar surface area (TPSA) is 78.9 Å². The molecule has 0 saturated heterocycles. The number of unbranched alkanes of at least 4 members (excludes halogenated alkanes) is 44. The first kappa shape index (κ1) is 74.4. The van der Waals surface area contributed by atoms with Crippen molar-refractivity contribution in [2.45, 2.75) is 374 Å². The van der Waals surface area contributed by atoms with Crippen molar-refractivity contribution in [3.8, 4) is 0 Å². The molecule has 0 spiro atoms. The van der Waals surface area contributed by atoms with E-state index in [-0.39, 0.29) is 31.1 Å². The summed E-state index contributed by atoms with van der Waals surface area (Å²) in [6.45, 7) is 6.63. The van der Waals surface area contributed by atoms with Gasteiger partial charge in [-0.1, -0.05) is 313 Å². The number of ether oxygens (including phenoxy) is 3. The zero-order chi connectivity index (χ0) is 55.7. The van der Waals surface area contributed by atoms with Crippen LogP contribution in [0, 0.1) is 0 Å². The summed E-state index contributed by atoms with van der Waals surface area (Å²) >= 11 is 0. The van der Waals surface area contributed by atoms with Crippen molar-refractivity contribution in [3.05, 3.63) is 48.6 Å². The monoisotopic (exact) mass is 1080 g/mol. The van der Waals surface area contributed by atoms with Crippen LogP contribution in [0.25, 0.3) is 0 Å². The van der Waals surface area contributed by atoms with E-state index in [1.165, 1.54) is 238 Å². The molecule has 450 valence electrons. The van der Waals surface area contributed by atoms with E-state index in [9.17, 15) is 14.4 Å². The molecule has 0 aliphatic carbocycles. The molecule has 0 bridgehead atoms. The maximum atomic E-state index is 12.9. The Morgan fingerprint density at radius 3 is 0.740 bits per heavy atom. The predicted molar refractivity (Wildman–Crippen MR) is 335 cm³/mol. The van der Waals surface area contributed by atoms with E-state index in [2.05, 4.69) is 69.4 Å². The highest BCUT2D eigenvalue weighted by Crippen LogP contribution is 2.18. The number of esters is 3. The standard InChI is InChI=1S/C71H130O6/c1-4-7-10-13-16-19-22-24-26-27-28-29-30-31-32-33-34-35-36-37-38-39-40-41-42-43-45-46-49-52-55-58-61-64-70(73)76-67-68(66-75-69(72)63-60-57-54-51-48-21-18-15-12-9-6-3)77-71(74)65-62-59-56-53-50-47-44-25-23-20-17-14-11-8-5-2/h17,20,22,24-25,27-28,44,68H,4-16,18-19,21,23,26,29-43,45-67H2,1-3H3/b20-17-,24-22-,28-27-,44-25-. The number of carbonyl (C=O) groups excluding carboxylic acids is 3. The van der Waals surface area contributed by atoms with E-state index in [0.717, 1.165) is 89.9 Å². The lowest BCUT2D eigenvalue weighted by Gasteiger charge is -2.18. The Kier molecular flexibility index (Phi) is 63.6. The fourth-order valence-corrected chi connectivity index (χ4v) is 10.2. The second-order valence-corrected chi connectivity index (χ2v) is 23.1. The predicted octanol–water partition coefficient (Wildman–Crippen LogP) is 23.3. The van der Waals surface area contributed by atoms with Crippen molar-refractivity contribution in [1.82, 2.24) is 0 Å². The van der Waals surface area contributed by atoms with E-state index in [4.69, 9.17) is 14.2 Å². The van der Waals surface area contributed by atoms with Crippen molar-refractivity contribution < 1.29 is 28.6 Å². The summed E-state index contributed by atoms with van der Waals surface area (Å²) in [6.07, 6.45) is 82.9. The average molecular weight is 1080 g/mol. The largest absolute Gasteiger partial charge is 0.462 e. The summed E-state index contributed by atoms with van der Waals surface area (Å²) < 4.78 is 16.9. The first-order chi connectivity index (χ1) is 38.0. The van der Waals surface area contributed by atoms with Crippen LogP contribution in [-0.2, 0) is 28.6 Å². The van der Waals surface area contributed by atoms with Crippen molar-refractivity contribution in [2.24, 2.45) is 0 Å². The number of rotatable bonds is 63. The zero-order valence-electron chi connectivity index (χ0n) is 51.7. The van der Waals surface area contributed by atoms with E-state index in [1.54, 1.807) is 0 Å². The van der Waals surface area contributed by atoms with Gasteiger partial charge in [-0.05, 0) is 83.5 Å². The van der Waals surface area contributed by atoms with Gasteiger partial charge in [-0.15, -0.1) is 0 Å². The SMILES string of the molecule is CCCCC/C=C\C/C=C\CCCCCCCC(=O)OC(COC(=O)CCCCCCCCCCCCC)COC(=O)CCCCCCCCCCCCCCCCCCCCCCC/C=C\C/C=C\CCCCCCC. The molecule has 0 aromatic carbocycles. The van der Waals surface area contributed by atoms with Crippen molar-refractivity contribution in [3.63, 3.8) is 0 Å². The highest BCUT2D eigenvalue weighted by Gasteiger charge is 2.19. The summed E-state index contributed by atoms with van der Waals surface area (Å²) in [5.41, 5.74) is 0. The van der Waals surface area contributed by atoms with Crippen LogP contribution in [0.3, 0.4) is 0 Å². The Bertz CT molecular complexity index is 1330. The number of allylic oxidation sites excluding steroid dienone is 8. The van der Waals surface area contributed by atoms with Gasteiger partial charge in [0.05, 0.1) is 0 Å². The van der Waals surface area contributed by atoms with Crippen LogP contribution in [0.1, 0.15) is 367 Å². The lowest BCUT2D eigenvalue weighted by Crippen LogP contribution is -2.30. The van der Waals surface area contributed by atoms with Crippen LogP contribution in [0.2, 0.25) is 0 Å². The Morgan fingerprint density at radius 2 is 0.468 bits per heavy atom. The van der Waals surface area contributed by atoms with Gasteiger partial charge in [0.2, 0.25) is 0 Å². The number of carbonyl (C=O) groups is 3. The third-order valence-electron chi connectivity index (χ3n) is 15.3. The quantitative estimate of drug-likeness (QED) is 0.0261. The lowest BCUT2D eigenvalue weighted by molar-refractivity contribution is -0.167. The van der Waals surface area contributed by atoms with Gasteiger partial charge in [0.15, 0.2) is 6.10 Å². The highest BCUT2D eigenvalue weighted by atomic mass is 16.6. The molecule has 77 heavy (non-hydrogen) atoms. The van der Waals surface area contributed by atoms with Gasteiger partial charge in [0, 0.05) is 19.3 Å². The molecular formula is C71H130O6. The molecule has 0 aromatic heterocycles. The van der Waals surface area contributed by atoms with Gasteiger partial charge >= 0.3 is 17.9 Å². The van der Waals surface area contributed by atoms with Gasteiger partial charge in [0.1, 0.15) is 13.2 Å². The summed E-state index contributed by atoms with van der Waals surface area (Å²) in [6, 6.07) is 0. The molecule has 0 radical (unpaired) electrons. The van der Waals surface area contributed by atoms with Gasteiger partial charge in [-0.25, -0.2) is 0 Å². The maximum Gasteiger partial charge on any atom is 0.306 e. The molecule has 1 unspecified atom stereocenters. The Balaban J connectivity index is 4.06. The van der Waals surface area contributed by atoms with Gasteiger partial charge < -0.3 is 14.2 Å². The molecule has 0 amide bonds. The van der Waals surface area contributed by atoms with E-state index < -0.39 is 6.10 Å². The summed E-state index contributed by atoms with van der Waals surface area (Å²) in [4.78, 5) is 38.2. The molecule has 0 saturated carbocycles. The zero-order valence-corrected chi connectivity index (χ0v) is 51.7. The Morgan fingerprint density at radius 1 is 0.260 bits per heavy atom. The Hall–Kier alpha value is -2.63. The van der Waals surface area contributed by atoms with Gasteiger partial charge in [0.25, 0.3) is 0 Å². The second-order valence-electron chi connectivity index (χ2n) is 23.1. The molecule has 0 heterocycles. The molecule has 0 aliphatic heterocycles. The molecule has 0 N–H and O–H groups in total. The van der Waals surface area contributed by atoms with Crippen molar-refractivity contribution >= 4 is 17.9 Å². The smallest absolute Gasteiger partial charge is 0.306 e. The van der Waals surface area contributed by atoms with E-state index in [1.807, 2.05) is 0 Å². The molecular weight excluding hydrogens is 949 g/mol. The van der Waals surface area contributed by atoms with Crippen LogP contribution in [0.4, 0.5) is 0 Å².